The van der Waals surface area contributed by atoms with Crippen molar-refractivity contribution >= 4 is 16.8 Å². The number of halogens is 3. The van der Waals surface area contributed by atoms with E-state index in [4.69, 9.17) is 0 Å². The van der Waals surface area contributed by atoms with Gasteiger partial charge in [-0.25, -0.2) is 4.39 Å². The van der Waals surface area contributed by atoms with Crippen molar-refractivity contribution in [3.63, 3.8) is 0 Å². The number of rotatable bonds is 5. The first-order valence-electron chi connectivity index (χ1n) is 9.60. The van der Waals surface area contributed by atoms with Gasteiger partial charge in [-0.1, -0.05) is 18.2 Å². The summed E-state index contributed by atoms with van der Waals surface area (Å²) in [5, 5.41) is 0.486. The van der Waals surface area contributed by atoms with Gasteiger partial charge in [0, 0.05) is 44.3 Å². The summed E-state index contributed by atoms with van der Waals surface area (Å²) in [6, 6.07) is 12.6. The number of ether oxygens (including phenoxy) is 1. The lowest BCUT2D eigenvalue weighted by Crippen LogP contribution is -2.48. The first-order valence-corrected chi connectivity index (χ1v) is 9.60. The summed E-state index contributed by atoms with van der Waals surface area (Å²) < 4.78 is 43.7. The van der Waals surface area contributed by atoms with E-state index >= 15 is 0 Å². The second-order valence-corrected chi connectivity index (χ2v) is 7.05. The molecule has 1 saturated heterocycles. The Labute approximate surface area is 171 Å². The molecule has 5 nitrogen and oxygen atoms in total. The molecule has 0 radical (unpaired) electrons. The molecule has 8 heteroatoms. The van der Waals surface area contributed by atoms with Crippen molar-refractivity contribution < 1.29 is 22.7 Å². The lowest BCUT2D eigenvalue weighted by Gasteiger charge is -2.35. The summed E-state index contributed by atoms with van der Waals surface area (Å²) in [4.78, 5) is 20.9. The Bertz CT molecular complexity index is 1050. The van der Waals surface area contributed by atoms with Crippen LogP contribution in [0.5, 0.6) is 5.75 Å². The number of carbonyl (C=O) groups excluding carboxylic acids is 1. The number of alkyl halides is 2. The maximum Gasteiger partial charge on any atom is 0.387 e. The van der Waals surface area contributed by atoms with Gasteiger partial charge in [-0.3, -0.25) is 14.7 Å². The van der Waals surface area contributed by atoms with Crippen molar-refractivity contribution in [2.45, 2.75) is 13.2 Å². The average Bonchev–Trinajstić information content (AvgIpc) is 2.76. The fourth-order valence-corrected chi connectivity index (χ4v) is 3.69. The Morgan fingerprint density at radius 2 is 1.80 bits per heavy atom. The maximum atomic E-state index is 14.0. The number of carbonyl (C=O) groups is 1. The van der Waals surface area contributed by atoms with Crippen LogP contribution in [0.4, 0.5) is 13.2 Å². The summed E-state index contributed by atoms with van der Waals surface area (Å²) >= 11 is 0. The van der Waals surface area contributed by atoms with Crippen LogP contribution in [0.25, 0.3) is 10.9 Å². The highest BCUT2D eigenvalue weighted by molar-refractivity contribution is 5.97. The number of para-hydroxylation sites is 1. The molecule has 1 fully saturated rings. The van der Waals surface area contributed by atoms with Crippen LogP contribution in [-0.2, 0) is 6.54 Å². The fourth-order valence-electron chi connectivity index (χ4n) is 3.69. The van der Waals surface area contributed by atoms with Crippen LogP contribution < -0.4 is 4.74 Å². The number of aromatic nitrogens is 1. The van der Waals surface area contributed by atoms with E-state index in [0.29, 0.717) is 43.6 Å². The number of pyridine rings is 1. The molecule has 0 saturated carbocycles. The molecular formula is C22H20F3N3O2. The van der Waals surface area contributed by atoms with E-state index < -0.39 is 6.61 Å². The Morgan fingerprint density at radius 3 is 2.57 bits per heavy atom. The predicted molar refractivity (Wildman–Crippen MR) is 106 cm³/mol. The van der Waals surface area contributed by atoms with E-state index in [1.807, 2.05) is 0 Å². The van der Waals surface area contributed by atoms with Crippen molar-refractivity contribution in [2.75, 3.05) is 26.2 Å². The number of nitrogens with zero attached hydrogens (tertiary/aromatic N) is 3. The smallest absolute Gasteiger partial charge is 0.387 e. The number of hydrogen-bond acceptors (Lipinski definition) is 4. The monoisotopic (exact) mass is 415 g/mol. The van der Waals surface area contributed by atoms with Gasteiger partial charge in [-0.05, 0) is 35.9 Å². The van der Waals surface area contributed by atoms with Gasteiger partial charge in [-0.2, -0.15) is 8.78 Å². The minimum Gasteiger partial charge on any atom is -0.434 e. The Kier molecular flexibility index (Phi) is 5.85. The minimum atomic E-state index is -2.99. The van der Waals surface area contributed by atoms with Crippen LogP contribution in [-0.4, -0.2) is 53.5 Å². The van der Waals surface area contributed by atoms with E-state index in [1.165, 1.54) is 18.2 Å². The van der Waals surface area contributed by atoms with E-state index in [0.717, 1.165) is 5.56 Å². The summed E-state index contributed by atoms with van der Waals surface area (Å²) in [7, 11) is 0. The summed E-state index contributed by atoms with van der Waals surface area (Å²) in [5.74, 6) is -0.759. The van der Waals surface area contributed by atoms with Gasteiger partial charge >= 0.3 is 6.61 Å². The molecule has 0 aliphatic carbocycles. The Hall–Kier alpha value is -3.13. The van der Waals surface area contributed by atoms with Crippen molar-refractivity contribution in [3.05, 3.63) is 71.7 Å². The van der Waals surface area contributed by atoms with E-state index in [2.05, 4.69) is 14.6 Å². The minimum absolute atomic E-state index is 0.121. The Balaban J connectivity index is 1.43. The van der Waals surface area contributed by atoms with Gasteiger partial charge in [0.15, 0.2) is 0 Å². The van der Waals surface area contributed by atoms with Crippen LogP contribution in [0.15, 0.2) is 54.7 Å². The van der Waals surface area contributed by atoms with Gasteiger partial charge in [0.1, 0.15) is 11.6 Å². The van der Waals surface area contributed by atoms with Crippen molar-refractivity contribution in [1.82, 2.24) is 14.8 Å². The molecule has 0 N–H and O–H groups in total. The quantitative estimate of drug-likeness (QED) is 0.634. The zero-order chi connectivity index (χ0) is 21.1. The van der Waals surface area contributed by atoms with E-state index in [-0.39, 0.29) is 23.0 Å². The first-order chi connectivity index (χ1) is 14.5. The predicted octanol–water partition coefficient (Wildman–Crippen LogP) is 3.93. The molecule has 30 heavy (non-hydrogen) atoms. The number of piperazine rings is 1. The first kappa shape index (κ1) is 20.2. The Morgan fingerprint density at radius 1 is 1.03 bits per heavy atom. The van der Waals surface area contributed by atoms with Crippen molar-refractivity contribution in [2.24, 2.45) is 0 Å². The van der Waals surface area contributed by atoms with Crippen LogP contribution in [0.1, 0.15) is 15.9 Å². The van der Waals surface area contributed by atoms with Gasteiger partial charge in [0.25, 0.3) is 5.91 Å². The standard InChI is InChI=1S/C22H20F3N3O2/c23-18-8-7-15(20-16(18)5-3-9-26-20)14-27-10-12-28(13-11-27)21(29)17-4-1-2-6-19(17)30-22(24)25/h1-9,22H,10-14H2. The molecule has 0 spiro atoms. The molecular weight excluding hydrogens is 395 g/mol. The summed E-state index contributed by atoms with van der Waals surface area (Å²) in [6.07, 6.45) is 1.64. The van der Waals surface area contributed by atoms with Gasteiger partial charge < -0.3 is 9.64 Å². The third kappa shape index (κ3) is 4.23. The third-order valence-electron chi connectivity index (χ3n) is 5.19. The van der Waals surface area contributed by atoms with Gasteiger partial charge in [0.05, 0.1) is 11.1 Å². The molecule has 156 valence electrons. The van der Waals surface area contributed by atoms with Crippen LogP contribution in [0, 0.1) is 5.82 Å². The number of amides is 1. The van der Waals surface area contributed by atoms with Crippen LogP contribution in [0.2, 0.25) is 0 Å². The molecule has 1 aliphatic heterocycles. The molecule has 0 bridgehead atoms. The SMILES string of the molecule is O=C(c1ccccc1OC(F)F)N1CCN(Cc2ccc(F)c3cccnc23)CC1. The van der Waals surface area contributed by atoms with Gasteiger partial charge in [-0.15, -0.1) is 0 Å². The molecule has 2 heterocycles. The molecule has 1 aliphatic rings. The lowest BCUT2D eigenvalue weighted by atomic mass is 10.1. The average molecular weight is 415 g/mol. The number of benzene rings is 2. The topological polar surface area (TPSA) is 45.7 Å². The zero-order valence-electron chi connectivity index (χ0n) is 16.1. The summed E-state index contributed by atoms with van der Waals surface area (Å²) in [5.41, 5.74) is 1.68. The lowest BCUT2D eigenvalue weighted by molar-refractivity contribution is -0.0503. The molecule has 1 amide bonds. The highest BCUT2D eigenvalue weighted by atomic mass is 19.3. The molecule has 3 aromatic rings. The molecule has 1 aromatic heterocycles. The van der Waals surface area contributed by atoms with Crippen molar-refractivity contribution in [1.29, 1.82) is 0 Å². The second kappa shape index (κ2) is 8.71. The number of hydrogen-bond donors (Lipinski definition) is 0. The van der Waals surface area contributed by atoms with E-state index in [9.17, 15) is 18.0 Å². The van der Waals surface area contributed by atoms with Crippen LogP contribution >= 0.6 is 0 Å². The molecule has 0 atom stereocenters. The van der Waals surface area contributed by atoms with Crippen LogP contribution in [0.3, 0.4) is 0 Å². The van der Waals surface area contributed by atoms with Crippen molar-refractivity contribution in [3.8, 4) is 5.75 Å². The highest BCUT2D eigenvalue weighted by Crippen LogP contribution is 2.24. The normalized spacial score (nSPS) is 15.0. The van der Waals surface area contributed by atoms with Gasteiger partial charge in [0.2, 0.25) is 0 Å². The van der Waals surface area contributed by atoms with E-state index in [1.54, 1.807) is 41.4 Å². The molecule has 2 aromatic carbocycles. The fraction of sp³-hybridized carbons (Fsp3) is 0.273. The number of fused-ring (bicyclic) bond motifs is 1. The summed E-state index contributed by atoms with van der Waals surface area (Å²) in [6.45, 7) is -0.288. The zero-order valence-corrected chi connectivity index (χ0v) is 16.1. The largest absolute Gasteiger partial charge is 0.434 e. The molecule has 4 rings (SSSR count). The third-order valence-corrected chi connectivity index (χ3v) is 5.19. The molecule has 0 unspecified atom stereocenters. The maximum absolute atomic E-state index is 14.0. The highest BCUT2D eigenvalue weighted by Gasteiger charge is 2.25. The second-order valence-electron chi connectivity index (χ2n) is 7.05.